The highest BCUT2D eigenvalue weighted by molar-refractivity contribution is 6.06. The second-order valence-electron chi connectivity index (χ2n) is 6.25. The van der Waals surface area contributed by atoms with Gasteiger partial charge in [-0.15, -0.1) is 0 Å². The van der Waals surface area contributed by atoms with Crippen LogP contribution in [0.2, 0.25) is 0 Å². The minimum atomic E-state index is -1.16. The second-order valence-corrected chi connectivity index (χ2v) is 6.25. The van der Waals surface area contributed by atoms with Gasteiger partial charge in [0.05, 0.1) is 24.0 Å². The van der Waals surface area contributed by atoms with E-state index in [-0.39, 0.29) is 25.0 Å². The van der Waals surface area contributed by atoms with Crippen molar-refractivity contribution in [2.75, 3.05) is 20.3 Å². The van der Waals surface area contributed by atoms with Crippen molar-refractivity contribution in [2.24, 2.45) is 11.8 Å². The lowest BCUT2D eigenvalue weighted by molar-refractivity contribution is -0.330. The van der Waals surface area contributed by atoms with E-state index < -0.39 is 42.2 Å². The van der Waals surface area contributed by atoms with Gasteiger partial charge in [-0.2, -0.15) is 0 Å². The lowest BCUT2D eigenvalue weighted by Crippen LogP contribution is -2.46. The molecule has 1 N–H and O–H groups in total. The number of carbonyl (C=O) groups excluding carboxylic acids is 2. The van der Waals surface area contributed by atoms with Gasteiger partial charge < -0.3 is 24.1 Å². The summed E-state index contributed by atoms with van der Waals surface area (Å²) in [6, 6.07) is 0. The summed E-state index contributed by atoms with van der Waals surface area (Å²) in [6.45, 7) is 1.85. The maximum absolute atomic E-state index is 12.5. The summed E-state index contributed by atoms with van der Waals surface area (Å²) >= 11 is 0. The highest BCUT2D eigenvalue weighted by Gasteiger charge is 2.73. The Labute approximate surface area is 127 Å². The molecule has 0 aliphatic carbocycles. The van der Waals surface area contributed by atoms with Crippen LogP contribution < -0.4 is 0 Å². The van der Waals surface area contributed by atoms with Crippen molar-refractivity contribution in [3.63, 3.8) is 0 Å². The third-order valence-corrected chi connectivity index (χ3v) is 5.09. The predicted molar refractivity (Wildman–Crippen MR) is 69.2 cm³/mol. The Morgan fingerprint density at radius 2 is 1.68 bits per heavy atom. The van der Waals surface area contributed by atoms with Crippen LogP contribution in [0.1, 0.15) is 13.3 Å². The Balaban J connectivity index is 1.59. The fraction of sp³-hybridized carbons (Fsp3) is 0.857. The van der Waals surface area contributed by atoms with E-state index in [1.165, 1.54) is 12.0 Å². The van der Waals surface area contributed by atoms with Crippen LogP contribution in [0.15, 0.2) is 0 Å². The van der Waals surface area contributed by atoms with Gasteiger partial charge in [0.1, 0.15) is 12.2 Å². The number of fused-ring (bicyclic) bond motifs is 8. The number of amides is 2. The molecule has 8 nitrogen and oxygen atoms in total. The molecule has 4 heterocycles. The number of methoxy groups -OCH3 is 1. The number of likely N-dealkylation sites (tertiary alicyclic amines) is 1. The molecule has 2 amide bonds. The second kappa shape index (κ2) is 4.72. The summed E-state index contributed by atoms with van der Waals surface area (Å²) in [5.74, 6) is -2.65. The molecular formula is C14H19NO7. The summed E-state index contributed by atoms with van der Waals surface area (Å²) in [7, 11) is 1.48. The fourth-order valence-corrected chi connectivity index (χ4v) is 4.09. The van der Waals surface area contributed by atoms with E-state index in [9.17, 15) is 9.59 Å². The summed E-state index contributed by atoms with van der Waals surface area (Å²) < 4.78 is 22.6. The zero-order valence-electron chi connectivity index (χ0n) is 12.4. The first-order chi connectivity index (χ1) is 10.5. The standard InChI is InChI=1S/C14H19NO7/c1-14(19-2)21-10-8-6-7(9(20-8)11(10)22-14)13(18)15(12(6)17)4-3-5-16/h6-11,16H,3-5H2,1-2H3/t6?,7?,8-,9?,10+,11?,14?/m0/s1. The molecule has 0 aromatic heterocycles. The van der Waals surface area contributed by atoms with Gasteiger partial charge in [0, 0.05) is 27.2 Å². The van der Waals surface area contributed by atoms with E-state index in [0.717, 1.165) is 0 Å². The van der Waals surface area contributed by atoms with Crippen molar-refractivity contribution in [3.05, 3.63) is 0 Å². The molecule has 22 heavy (non-hydrogen) atoms. The van der Waals surface area contributed by atoms with E-state index in [1.807, 2.05) is 0 Å². The number of aliphatic hydroxyl groups excluding tert-OH is 1. The third kappa shape index (κ3) is 1.70. The van der Waals surface area contributed by atoms with Crippen molar-refractivity contribution in [3.8, 4) is 0 Å². The minimum absolute atomic E-state index is 0.0561. The molecule has 7 atom stereocenters. The SMILES string of the molecule is COC1(C)OC2C3O[C@@H](C4C(=O)N(CCCO)C(=O)C34)[C@H]2O1. The summed E-state index contributed by atoms with van der Waals surface area (Å²) in [4.78, 5) is 26.3. The largest absolute Gasteiger partial charge is 0.396 e. The van der Waals surface area contributed by atoms with Crippen molar-refractivity contribution in [1.29, 1.82) is 0 Å². The number of aliphatic hydroxyl groups is 1. The summed E-state index contributed by atoms with van der Waals surface area (Å²) in [5.41, 5.74) is 0. The van der Waals surface area contributed by atoms with Crippen LogP contribution in [0.5, 0.6) is 0 Å². The molecule has 4 aliphatic rings. The molecule has 0 spiro atoms. The van der Waals surface area contributed by atoms with Crippen molar-refractivity contribution in [2.45, 2.75) is 43.7 Å². The molecule has 4 saturated heterocycles. The molecule has 0 saturated carbocycles. The monoisotopic (exact) mass is 313 g/mol. The lowest BCUT2D eigenvalue weighted by atomic mass is 9.78. The average molecular weight is 313 g/mol. The van der Waals surface area contributed by atoms with Crippen molar-refractivity contribution in [1.82, 2.24) is 4.90 Å². The lowest BCUT2D eigenvalue weighted by Gasteiger charge is -2.24. The van der Waals surface area contributed by atoms with Crippen LogP contribution in [0.4, 0.5) is 0 Å². The van der Waals surface area contributed by atoms with Crippen LogP contribution in [0.25, 0.3) is 0 Å². The predicted octanol–water partition coefficient (Wildman–Crippen LogP) is -1.14. The fourth-order valence-electron chi connectivity index (χ4n) is 4.09. The van der Waals surface area contributed by atoms with Gasteiger partial charge in [-0.1, -0.05) is 0 Å². The van der Waals surface area contributed by atoms with Crippen molar-refractivity contribution < 1.29 is 33.6 Å². The highest BCUT2D eigenvalue weighted by Crippen LogP contribution is 2.54. The maximum atomic E-state index is 12.5. The van der Waals surface area contributed by atoms with E-state index in [2.05, 4.69) is 0 Å². The number of imide groups is 1. The molecule has 0 aromatic rings. The Bertz CT molecular complexity index is 487. The average Bonchev–Trinajstić information content (AvgIpc) is 3.18. The minimum Gasteiger partial charge on any atom is -0.396 e. The Morgan fingerprint density at radius 1 is 1.14 bits per heavy atom. The molecular weight excluding hydrogens is 294 g/mol. The van der Waals surface area contributed by atoms with Gasteiger partial charge in [0.15, 0.2) is 0 Å². The normalized spacial score (nSPS) is 49.1. The molecule has 122 valence electrons. The highest BCUT2D eigenvalue weighted by atomic mass is 16.9. The van der Waals surface area contributed by atoms with Gasteiger partial charge in [-0.25, -0.2) is 0 Å². The number of nitrogens with zero attached hydrogens (tertiary/aromatic N) is 1. The molecule has 4 aliphatic heterocycles. The topological polar surface area (TPSA) is 94.5 Å². The zero-order chi connectivity index (χ0) is 15.6. The van der Waals surface area contributed by atoms with Crippen LogP contribution in [-0.4, -0.2) is 72.5 Å². The van der Waals surface area contributed by atoms with E-state index in [0.29, 0.717) is 6.42 Å². The summed E-state index contributed by atoms with van der Waals surface area (Å²) in [6.07, 6.45) is -1.37. The van der Waals surface area contributed by atoms with E-state index in [4.69, 9.17) is 24.1 Å². The van der Waals surface area contributed by atoms with Crippen molar-refractivity contribution >= 4 is 11.8 Å². The first-order valence-electron chi connectivity index (χ1n) is 7.53. The molecule has 4 fully saturated rings. The molecule has 8 heteroatoms. The Morgan fingerprint density at radius 3 is 2.14 bits per heavy atom. The van der Waals surface area contributed by atoms with Crippen LogP contribution in [-0.2, 0) is 28.5 Å². The van der Waals surface area contributed by atoms with E-state index >= 15 is 0 Å². The van der Waals surface area contributed by atoms with Gasteiger partial charge in [-0.3, -0.25) is 14.5 Å². The molecule has 4 rings (SSSR count). The first kappa shape index (κ1) is 14.5. The number of carbonyl (C=O) groups is 2. The van der Waals surface area contributed by atoms with Gasteiger partial charge in [0.2, 0.25) is 11.8 Å². The number of rotatable bonds is 4. The molecule has 2 bridgehead atoms. The zero-order valence-corrected chi connectivity index (χ0v) is 12.4. The number of ether oxygens (including phenoxy) is 4. The van der Waals surface area contributed by atoms with E-state index in [1.54, 1.807) is 6.92 Å². The number of hydrogen-bond acceptors (Lipinski definition) is 7. The smallest absolute Gasteiger partial charge is 0.280 e. The number of hydrogen-bond donors (Lipinski definition) is 1. The van der Waals surface area contributed by atoms with Gasteiger partial charge in [0.25, 0.3) is 5.97 Å². The summed E-state index contributed by atoms with van der Waals surface area (Å²) in [5, 5.41) is 8.91. The quantitative estimate of drug-likeness (QED) is 0.655. The van der Waals surface area contributed by atoms with Crippen LogP contribution >= 0.6 is 0 Å². The van der Waals surface area contributed by atoms with Crippen LogP contribution in [0, 0.1) is 11.8 Å². The molecule has 0 radical (unpaired) electrons. The maximum Gasteiger partial charge on any atom is 0.280 e. The first-order valence-corrected chi connectivity index (χ1v) is 7.53. The Kier molecular flexibility index (Phi) is 3.11. The van der Waals surface area contributed by atoms with Gasteiger partial charge >= 0.3 is 0 Å². The van der Waals surface area contributed by atoms with Gasteiger partial charge in [-0.05, 0) is 6.42 Å². The molecule has 0 aromatic carbocycles. The van der Waals surface area contributed by atoms with Crippen LogP contribution in [0.3, 0.4) is 0 Å². The Hall–Kier alpha value is -1.06. The third-order valence-electron chi connectivity index (χ3n) is 5.09. The molecule has 5 unspecified atom stereocenters.